The van der Waals surface area contributed by atoms with Crippen molar-refractivity contribution in [2.45, 2.75) is 180 Å². The topological polar surface area (TPSA) is 102 Å². The van der Waals surface area contributed by atoms with Crippen LogP contribution in [0.5, 0.6) is 0 Å². The Bertz CT molecular complexity index is 1010. The molecule has 8 heteroatoms. The van der Waals surface area contributed by atoms with Gasteiger partial charge in [0.2, 0.25) is 0 Å². The number of carbonyl (C=O) groups is 3. The number of hydrogen-bond donors (Lipinski definition) is 0. The summed E-state index contributed by atoms with van der Waals surface area (Å²) in [4.78, 5) is 36.7. The van der Waals surface area contributed by atoms with Gasteiger partial charge in [-0.05, 0) is 57.8 Å². The summed E-state index contributed by atoms with van der Waals surface area (Å²) in [6, 6.07) is -0.731. The second-order valence-electron chi connectivity index (χ2n) is 15.3. The maximum Gasteiger partial charge on any atom is 0.306 e. The van der Waals surface area contributed by atoms with E-state index in [1.54, 1.807) is 21.1 Å². The minimum Gasteiger partial charge on any atom is -0.544 e. The van der Waals surface area contributed by atoms with Crippen molar-refractivity contribution < 1.29 is 38.2 Å². The molecule has 8 nitrogen and oxygen atoms in total. The first kappa shape index (κ1) is 50.3. The van der Waals surface area contributed by atoms with E-state index >= 15 is 0 Å². The van der Waals surface area contributed by atoms with E-state index in [1.165, 1.54) is 57.8 Å². The van der Waals surface area contributed by atoms with Crippen molar-refractivity contribution in [3.63, 3.8) is 0 Å². The van der Waals surface area contributed by atoms with Gasteiger partial charge in [0.25, 0.3) is 0 Å². The van der Waals surface area contributed by atoms with Gasteiger partial charge in [-0.15, -0.1) is 0 Å². The number of esters is 2. The molecule has 0 aliphatic heterocycles. The third kappa shape index (κ3) is 34.8. The molecule has 0 saturated carbocycles. The van der Waals surface area contributed by atoms with Crippen LogP contribution in [0, 0.1) is 0 Å². The average Bonchev–Trinajstić information content (AvgIpc) is 3.11. The number of hydrogen-bond acceptors (Lipinski definition) is 7. The van der Waals surface area contributed by atoms with E-state index in [2.05, 4.69) is 62.5 Å². The third-order valence-electron chi connectivity index (χ3n) is 9.25. The Morgan fingerprint density at radius 2 is 1.04 bits per heavy atom. The van der Waals surface area contributed by atoms with Crippen LogP contribution in [0.2, 0.25) is 0 Å². The van der Waals surface area contributed by atoms with Gasteiger partial charge in [0, 0.05) is 19.3 Å². The zero-order chi connectivity index (χ0) is 39.3. The molecule has 2 unspecified atom stereocenters. The summed E-state index contributed by atoms with van der Waals surface area (Å²) in [5.74, 6) is -1.78. The molecule has 0 aromatic rings. The van der Waals surface area contributed by atoms with Gasteiger partial charge in [-0.3, -0.25) is 9.59 Å². The smallest absolute Gasteiger partial charge is 0.306 e. The number of carboxylic acid groups (broad SMARTS) is 1. The molecular weight excluding hydrogens is 666 g/mol. The standard InChI is InChI=1S/C45H79NO7/c1-6-8-10-12-14-16-18-19-20-21-22-23-24-26-28-30-32-34-36-44(48)53-41(39-51-38-37-42(45(49)50)46(3,4)5)40-52-43(47)35-33-31-29-27-25-17-15-13-11-9-7-2/h13,15,18-23,41-42H,6-12,14,16-17,24-40H2,1-5H3/b15-13+,19-18+,21-20+,23-22+. The number of carbonyl (C=O) groups excluding carboxylic acids is 3. The van der Waals surface area contributed by atoms with Gasteiger partial charge in [0.15, 0.2) is 6.10 Å². The van der Waals surface area contributed by atoms with Crippen LogP contribution < -0.4 is 5.11 Å². The van der Waals surface area contributed by atoms with Gasteiger partial charge in [-0.1, -0.05) is 140 Å². The highest BCUT2D eigenvalue weighted by Crippen LogP contribution is 2.13. The molecule has 53 heavy (non-hydrogen) atoms. The van der Waals surface area contributed by atoms with Crippen LogP contribution in [0.25, 0.3) is 0 Å². The maximum absolute atomic E-state index is 12.7. The fraction of sp³-hybridized carbons (Fsp3) is 0.756. The number of aliphatic carboxylic acids is 1. The van der Waals surface area contributed by atoms with Crippen molar-refractivity contribution in [1.29, 1.82) is 0 Å². The van der Waals surface area contributed by atoms with E-state index in [0.717, 1.165) is 77.0 Å². The summed E-state index contributed by atoms with van der Waals surface area (Å²) in [6.07, 6.45) is 41.3. The highest BCUT2D eigenvalue weighted by atomic mass is 16.6. The predicted molar refractivity (Wildman–Crippen MR) is 217 cm³/mol. The number of rotatable bonds is 37. The predicted octanol–water partition coefficient (Wildman–Crippen LogP) is 9.91. The van der Waals surface area contributed by atoms with Crippen LogP contribution in [-0.2, 0) is 28.6 Å². The molecule has 0 heterocycles. The fourth-order valence-corrected chi connectivity index (χ4v) is 5.88. The molecule has 0 amide bonds. The van der Waals surface area contributed by atoms with Crippen LogP contribution >= 0.6 is 0 Å². The molecule has 0 N–H and O–H groups in total. The number of ether oxygens (including phenoxy) is 3. The number of unbranched alkanes of at least 4 members (excludes halogenated alkanes) is 17. The van der Waals surface area contributed by atoms with Gasteiger partial charge < -0.3 is 28.6 Å². The summed E-state index contributed by atoms with van der Waals surface area (Å²) in [5, 5.41) is 11.6. The Morgan fingerprint density at radius 3 is 1.57 bits per heavy atom. The number of nitrogens with zero attached hydrogens (tertiary/aromatic N) is 1. The average molecular weight is 746 g/mol. The van der Waals surface area contributed by atoms with Crippen molar-refractivity contribution >= 4 is 17.9 Å². The van der Waals surface area contributed by atoms with Gasteiger partial charge in [0.05, 0.1) is 40.3 Å². The normalized spacial score (nSPS) is 13.5. The van der Waals surface area contributed by atoms with Gasteiger partial charge in [0.1, 0.15) is 12.6 Å². The number of quaternary nitrogens is 1. The Morgan fingerprint density at radius 1 is 0.566 bits per heavy atom. The van der Waals surface area contributed by atoms with E-state index in [0.29, 0.717) is 12.8 Å². The van der Waals surface area contributed by atoms with Gasteiger partial charge in [-0.25, -0.2) is 0 Å². The van der Waals surface area contributed by atoms with Gasteiger partial charge in [-0.2, -0.15) is 0 Å². The van der Waals surface area contributed by atoms with E-state index in [4.69, 9.17) is 14.2 Å². The molecule has 0 radical (unpaired) electrons. The van der Waals surface area contributed by atoms with E-state index < -0.39 is 18.1 Å². The van der Waals surface area contributed by atoms with E-state index in [-0.39, 0.29) is 42.7 Å². The second kappa shape index (κ2) is 36.3. The highest BCUT2D eigenvalue weighted by molar-refractivity contribution is 5.70. The zero-order valence-electron chi connectivity index (χ0n) is 34.7. The minimum absolute atomic E-state index is 0.0287. The SMILES string of the molecule is CCCC/C=C/CCCCCCCC(=O)OCC(COCCC(C(=O)[O-])[N+](C)(C)C)OC(=O)CCCCCCC/C=C/C=C/C=C/CCCCCCC. The molecule has 306 valence electrons. The quantitative estimate of drug-likeness (QED) is 0.0205. The lowest BCUT2D eigenvalue weighted by atomic mass is 10.1. The van der Waals surface area contributed by atoms with Gasteiger partial charge >= 0.3 is 11.9 Å². The lowest BCUT2D eigenvalue weighted by molar-refractivity contribution is -0.889. The monoisotopic (exact) mass is 746 g/mol. The summed E-state index contributed by atoms with van der Waals surface area (Å²) in [5.41, 5.74) is 0. The summed E-state index contributed by atoms with van der Waals surface area (Å²) >= 11 is 0. The molecule has 0 aliphatic carbocycles. The van der Waals surface area contributed by atoms with Crippen LogP contribution in [0.3, 0.4) is 0 Å². The Labute approximate surface area is 325 Å². The van der Waals surface area contributed by atoms with Crippen LogP contribution in [0.4, 0.5) is 0 Å². The molecular formula is C45H79NO7. The number of allylic oxidation sites excluding steroid dienone is 8. The fourth-order valence-electron chi connectivity index (χ4n) is 5.88. The Balaban J connectivity index is 4.42. The summed E-state index contributed by atoms with van der Waals surface area (Å²) < 4.78 is 17.1. The molecule has 0 aromatic heterocycles. The molecule has 2 atom stereocenters. The Kier molecular flexibility index (Phi) is 34.4. The first-order valence-corrected chi connectivity index (χ1v) is 21.2. The van der Waals surface area contributed by atoms with E-state index in [1.807, 2.05) is 0 Å². The second-order valence-corrected chi connectivity index (χ2v) is 15.3. The summed E-state index contributed by atoms with van der Waals surface area (Å²) in [7, 11) is 5.39. The molecule has 0 bridgehead atoms. The molecule has 0 rings (SSSR count). The van der Waals surface area contributed by atoms with Crippen molar-refractivity contribution in [2.75, 3.05) is 41.0 Å². The minimum atomic E-state index is -1.13. The number of likely N-dealkylation sites (N-methyl/N-ethyl adjacent to an activating group) is 1. The Hall–Kier alpha value is -2.71. The maximum atomic E-state index is 12.7. The van der Waals surface area contributed by atoms with Crippen molar-refractivity contribution in [3.8, 4) is 0 Å². The van der Waals surface area contributed by atoms with Crippen LogP contribution in [-0.4, -0.2) is 75.5 Å². The van der Waals surface area contributed by atoms with Crippen molar-refractivity contribution in [2.24, 2.45) is 0 Å². The van der Waals surface area contributed by atoms with Crippen molar-refractivity contribution in [1.82, 2.24) is 0 Å². The van der Waals surface area contributed by atoms with Crippen LogP contribution in [0.1, 0.15) is 168 Å². The third-order valence-corrected chi connectivity index (χ3v) is 9.25. The summed E-state index contributed by atoms with van der Waals surface area (Å²) in [6.45, 7) is 4.56. The zero-order valence-corrected chi connectivity index (χ0v) is 34.7. The molecule has 0 aromatic carbocycles. The largest absolute Gasteiger partial charge is 0.544 e. The molecule has 0 aliphatic rings. The first-order chi connectivity index (χ1) is 25.6. The lowest BCUT2D eigenvalue weighted by Crippen LogP contribution is -2.55. The molecule has 0 fully saturated rings. The lowest BCUT2D eigenvalue weighted by Gasteiger charge is -2.34. The first-order valence-electron chi connectivity index (χ1n) is 21.2. The highest BCUT2D eigenvalue weighted by Gasteiger charge is 2.25. The van der Waals surface area contributed by atoms with E-state index in [9.17, 15) is 19.5 Å². The van der Waals surface area contributed by atoms with Crippen molar-refractivity contribution in [3.05, 3.63) is 48.6 Å². The molecule has 0 spiro atoms. The number of carboxylic acids is 1. The van der Waals surface area contributed by atoms with Crippen LogP contribution in [0.15, 0.2) is 48.6 Å². The molecule has 0 saturated heterocycles.